The number of nitrogen functional groups attached to an aromatic ring is 1. The molecular formula is C9H7FN2O. The van der Waals surface area contributed by atoms with Crippen molar-refractivity contribution >= 4 is 5.69 Å². The summed E-state index contributed by atoms with van der Waals surface area (Å²) in [6, 6.07) is 5.90. The third-order valence-electron chi connectivity index (χ3n) is 1.71. The smallest absolute Gasteiger partial charge is 0.147 e. The van der Waals surface area contributed by atoms with Gasteiger partial charge in [0.1, 0.15) is 23.5 Å². The molecule has 0 radical (unpaired) electrons. The molecule has 13 heavy (non-hydrogen) atoms. The molecule has 0 amide bonds. The van der Waals surface area contributed by atoms with Crippen LogP contribution in [0.15, 0.2) is 35.1 Å². The summed E-state index contributed by atoms with van der Waals surface area (Å²) >= 11 is 0. The van der Waals surface area contributed by atoms with Crippen LogP contribution in [0.1, 0.15) is 0 Å². The summed E-state index contributed by atoms with van der Waals surface area (Å²) in [5, 5.41) is 3.69. The second kappa shape index (κ2) is 2.90. The summed E-state index contributed by atoms with van der Waals surface area (Å²) in [7, 11) is 0. The predicted octanol–water partition coefficient (Wildman–Crippen LogP) is 2.06. The van der Waals surface area contributed by atoms with Crippen molar-refractivity contribution in [1.82, 2.24) is 5.16 Å². The summed E-state index contributed by atoms with van der Waals surface area (Å²) in [5.74, 6) is -0.286. The van der Waals surface area contributed by atoms with E-state index in [4.69, 9.17) is 5.73 Å². The first-order valence-corrected chi connectivity index (χ1v) is 3.73. The summed E-state index contributed by atoms with van der Waals surface area (Å²) in [6.07, 6.45) is 1.35. The summed E-state index contributed by atoms with van der Waals surface area (Å²) in [4.78, 5) is 0. The molecule has 0 aliphatic carbocycles. The van der Waals surface area contributed by atoms with Gasteiger partial charge in [0.15, 0.2) is 0 Å². The molecule has 0 bridgehead atoms. The molecule has 0 fully saturated rings. The number of anilines is 1. The first kappa shape index (κ1) is 7.79. The molecular weight excluding hydrogens is 171 g/mol. The highest BCUT2D eigenvalue weighted by molar-refractivity contribution is 5.70. The van der Waals surface area contributed by atoms with E-state index in [2.05, 4.69) is 9.68 Å². The number of nitrogens with zero attached hydrogens (tertiary/aromatic N) is 1. The number of hydrogen-bond donors (Lipinski definition) is 1. The highest BCUT2D eigenvalue weighted by Gasteiger charge is 2.06. The van der Waals surface area contributed by atoms with Crippen LogP contribution in [0.5, 0.6) is 0 Å². The Morgan fingerprint density at radius 2 is 1.92 bits per heavy atom. The van der Waals surface area contributed by atoms with Crippen molar-refractivity contribution in [3.05, 3.63) is 36.3 Å². The maximum Gasteiger partial charge on any atom is 0.147 e. The van der Waals surface area contributed by atoms with Gasteiger partial charge >= 0.3 is 0 Å². The van der Waals surface area contributed by atoms with E-state index in [9.17, 15) is 4.39 Å². The van der Waals surface area contributed by atoms with E-state index in [0.717, 1.165) is 5.56 Å². The molecule has 4 heteroatoms. The highest BCUT2D eigenvalue weighted by Crippen LogP contribution is 2.23. The molecule has 1 heterocycles. The molecule has 66 valence electrons. The maximum atomic E-state index is 12.6. The summed E-state index contributed by atoms with van der Waals surface area (Å²) in [5.41, 5.74) is 7.30. The van der Waals surface area contributed by atoms with Crippen molar-refractivity contribution in [3.63, 3.8) is 0 Å². The lowest BCUT2D eigenvalue weighted by atomic mass is 10.1. The van der Waals surface area contributed by atoms with E-state index in [0.29, 0.717) is 11.4 Å². The number of rotatable bonds is 1. The molecule has 1 aromatic carbocycles. The Hall–Kier alpha value is -1.84. The Balaban J connectivity index is 2.47. The number of aromatic nitrogens is 1. The first-order valence-electron chi connectivity index (χ1n) is 3.73. The van der Waals surface area contributed by atoms with E-state index in [1.54, 1.807) is 12.1 Å². The van der Waals surface area contributed by atoms with Gasteiger partial charge in [0.2, 0.25) is 0 Å². The number of nitrogens with two attached hydrogens (primary N) is 1. The Bertz CT molecular complexity index is 408. The molecule has 0 unspecified atom stereocenters. The third kappa shape index (κ3) is 1.38. The van der Waals surface area contributed by atoms with Gasteiger partial charge in [-0.2, -0.15) is 0 Å². The third-order valence-corrected chi connectivity index (χ3v) is 1.71. The van der Waals surface area contributed by atoms with E-state index >= 15 is 0 Å². The van der Waals surface area contributed by atoms with Crippen LogP contribution in [0.4, 0.5) is 10.1 Å². The lowest BCUT2D eigenvalue weighted by Crippen LogP contribution is -1.86. The molecule has 2 rings (SSSR count). The minimum absolute atomic E-state index is 0.286. The van der Waals surface area contributed by atoms with E-state index < -0.39 is 0 Å². The van der Waals surface area contributed by atoms with Gasteiger partial charge in [-0.3, -0.25) is 0 Å². The Morgan fingerprint density at radius 1 is 1.23 bits per heavy atom. The average molecular weight is 178 g/mol. The van der Waals surface area contributed by atoms with Crippen LogP contribution < -0.4 is 5.73 Å². The van der Waals surface area contributed by atoms with E-state index in [-0.39, 0.29) is 5.82 Å². The van der Waals surface area contributed by atoms with Crippen molar-refractivity contribution < 1.29 is 8.91 Å². The molecule has 1 aromatic heterocycles. The van der Waals surface area contributed by atoms with Crippen molar-refractivity contribution in [1.29, 1.82) is 0 Å². The fraction of sp³-hybridized carbons (Fsp3) is 0. The van der Waals surface area contributed by atoms with Gasteiger partial charge in [-0.15, -0.1) is 0 Å². The zero-order valence-electron chi connectivity index (χ0n) is 6.70. The molecule has 0 atom stereocenters. The average Bonchev–Trinajstić information content (AvgIpc) is 2.53. The fourth-order valence-corrected chi connectivity index (χ4v) is 1.07. The summed E-state index contributed by atoms with van der Waals surface area (Å²) < 4.78 is 17.2. The van der Waals surface area contributed by atoms with Crippen molar-refractivity contribution in [3.8, 4) is 11.3 Å². The molecule has 0 aliphatic rings. The largest absolute Gasteiger partial charge is 0.394 e. The monoisotopic (exact) mass is 178 g/mol. The van der Waals surface area contributed by atoms with E-state index in [1.165, 1.54) is 18.4 Å². The van der Waals surface area contributed by atoms with Crippen molar-refractivity contribution in [2.45, 2.75) is 0 Å². The molecule has 0 aliphatic heterocycles. The van der Waals surface area contributed by atoms with E-state index in [1.807, 2.05) is 0 Å². The quantitative estimate of drug-likeness (QED) is 0.727. The minimum atomic E-state index is -0.286. The fourth-order valence-electron chi connectivity index (χ4n) is 1.07. The number of benzene rings is 1. The van der Waals surface area contributed by atoms with Crippen LogP contribution in [0, 0.1) is 5.82 Å². The second-order valence-corrected chi connectivity index (χ2v) is 2.63. The first-order chi connectivity index (χ1) is 6.27. The predicted molar refractivity (Wildman–Crippen MR) is 46.3 cm³/mol. The maximum absolute atomic E-state index is 12.6. The topological polar surface area (TPSA) is 52.0 Å². The van der Waals surface area contributed by atoms with Gasteiger partial charge < -0.3 is 10.3 Å². The zero-order valence-corrected chi connectivity index (χ0v) is 6.70. The van der Waals surface area contributed by atoms with Crippen LogP contribution in [0.3, 0.4) is 0 Å². The highest BCUT2D eigenvalue weighted by atomic mass is 19.1. The minimum Gasteiger partial charge on any atom is -0.394 e. The second-order valence-electron chi connectivity index (χ2n) is 2.63. The lowest BCUT2D eigenvalue weighted by molar-refractivity contribution is 0.422. The van der Waals surface area contributed by atoms with Gasteiger partial charge in [-0.25, -0.2) is 4.39 Å². The normalized spacial score (nSPS) is 10.2. The van der Waals surface area contributed by atoms with Crippen LogP contribution >= 0.6 is 0 Å². The molecule has 2 N–H and O–H groups in total. The van der Waals surface area contributed by atoms with Gasteiger partial charge in [0.05, 0.1) is 0 Å². The SMILES string of the molecule is Nc1conc1-c1ccc(F)cc1. The van der Waals surface area contributed by atoms with Crippen molar-refractivity contribution in [2.75, 3.05) is 5.73 Å². The zero-order chi connectivity index (χ0) is 9.26. The standard InChI is InChI=1S/C9H7FN2O/c10-7-3-1-6(2-4-7)9-8(11)5-13-12-9/h1-5H,11H2. The van der Waals surface area contributed by atoms with Gasteiger partial charge in [0, 0.05) is 5.56 Å². The number of halogens is 1. The number of hydrogen-bond acceptors (Lipinski definition) is 3. The molecule has 2 aromatic rings. The van der Waals surface area contributed by atoms with Gasteiger partial charge in [0.25, 0.3) is 0 Å². The molecule has 0 spiro atoms. The lowest BCUT2D eigenvalue weighted by Gasteiger charge is -1.95. The molecule has 0 saturated carbocycles. The van der Waals surface area contributed by atoms with Gasteiger partial charge in [-0.1, -0.05) is 5.16 Å². The van der Waals surface area contributed by atoms with Crippen LogP contribution in [-0.4, -0.2) is 5.16 Å². The van der Waals surface area contributed by atoms with Crippen LogP contribution in [0.2, 0.25) is 0 Å². The summed E-state index contributed by atoms with van der Waals surface area (Å²) in [6.45, 7) is 0. The Kier molecular flexibility index (Phi) is 1.73. The van der Waals surface area contributed by atoms with Gasteiger partial charge in [-0.05, 0) is 24.3 Å². The van der Waals surface area contributed by atoms with Crippen LogP contribution in [0.25, 0.3) is 11.3 Å². The Morgan fingerprint density at radius 3 is 2.46 bits per heavy atom. The van der Waals surface area contributed by atoms with Crippen molar-refractivity contribution in [2.24, 2.45) is 0 Å². The Labute approximate surface area is 74.0 Å². The molecule has 0 saturated heterocycles. The van der Waals surface area contributed by atoms with Crippen LogP contribution in [-0.2, 0) is 0 Å². The molecule has 3 nitrogen and oxygen atoms in total.